The van der Waals surface area contributed by atoms with Crippen LogP contribution in [0.2, 0.25) is 0 Å². The van der Waals surface area contributed by atoms with E-state index in [1.165, 1.54) is 11.1 Å². The fraction of sp³-hybridized carbons (Fsp3) is 0.538. The highest BCUT2D eigenvalue weighted by Crippen LogP contribution is 2.44. The number of aliphatic hydroxyl groups excluding tert-OH is 2. The molecule has 16 heavy (non-hydrogen) atoms. The second-order valence-electron chi connectivity index (χ2n) is 4.58. The maximum absolute atomic E-state index is 8.50. The summed E-state index contributed by atoms with van der Waals surface area (Å²) in [6, 6.07) is 8.33. The fourth-order valence-corrected chi connectivity index (χ4v) is 1.65. The quantitative estimate of drug-likeness (QED) is 0.796. The molecule has 3 nitrogen and oxygen atoms in total. The predicted molar refractivity (Wildman–Crippen MR) is 60.8 cm³/mol. The van der Waals surface area contributed by atoms with Crippen molar-refractivity contribution in [3.05, 3.63) is 35.4 Å². The van der Waals surface area contributed by atoms with Gasteiger partial charge < -0.3 is 14.9 Å². The lowest BCUT2D eigenvalue weighted by atomic mass is 10.1. The highest BCUT2D eigenvalue weighted by atomic mass is 16.5. The van der Waals surface area contributed by atoms with Crippen LogP contribution in [0.1, 0.15) is 24.0 Å². The van der Waals surface area contributed by atoms with Gasteiger partial charge in [0.2, 0.25) is 0 Å². The van der Waals surface area contributed by atoms with Crippen LogP contribution in [0.3, 0.4) is 0 Å². The van der Waals surface area contributed by atoms with E-state index in [0.29, 0.717) is 0 Å². The first-order valence-corrected chi connectivity index (χ1v) is 5.66. The minimum atomic E-state index is -0.0556. The second-order valence-corrected chi connectivity index (χ2v) is 4.58. The van der Waals surface area contributed by atoms with Crippen molar-refractivity contribution in [2.45, 2.75) is 26.1 Å². The van der Waals surface area contributed by atoms with E-state index in [0.717, 1.165) is 26.1 Å². The molecular formula is C13H18O3. The molecule has 2 aliphatic rings. The molecule has 0 unspecified atom stereocenters. The average molecular weight is 222 g/mol. The molecular weight excluding hydrogens is 204 g/mol. The summed E-state index contributed by atoms with van der Waals surface area (Å²) < 4.78 is 5.21. The highest BCUT2D eigenvalue weighted by molar-refractivity contribution is 5.27. The molecule has 0 saturated heterocycles. The maximum Gasteiger partial charge on any atom is 0.0724 e. The van der Waals surface area contributed by atoms with Gasteiger partial charge in [0.05, 0.1) is 26.4 Å². The molecule has 1 aliphatic carbocycles. The Morgan fingerprint density at radius 2 is 1.50 bits per heavy atom. The summed E-state index contributed by atoms with van der Waals surface area (Å²) in [6.07, 6.45) is 2.00. The van der Waals surface area contributed by atoms with Gasteiger partial charge >= 0.3 is 0 Å². The van der Waals surface area contributed by atoms with Crippen LogP contribution >= 0.6 is 0 Å². The summed E-state index contributed by atoms with van der Waals surface area (Å²) in [5, 5.41) is 17.0. The van der Waals surface area contributed by atoms with Crippen LogP contribution in [-0.2, 0) is 18.0 Å². The van der Waals surface area contributed by atoms with Crippen LogP contribution in [0, 0.1) is 5.41 Å². The van der Waals surface area contributed by atoms with Gasteiger partial charge in [0.1, 0.15) is 0 Å². The molecule has 1 heterocycles. The number of benzene rings is 1. The molecule has 1 aliphatic heterocycles. The van der Waals surface area contributed by atoms with Gasteiger partial charge in [0.25, 0.3) is 0 Å². The third-order valence-corrected chi connectivity index (χ3v) is 3.26. The van der Waals surface area contributed by atoms with E-state index in [-0.39, 0.29) is 18.6 Å². The van der Waals surface area contributed by atoms with Gasteiger partial charge in [-0.2, -0.15) is 0 Å². The Balaban J connectivity index is 0.000000125. The van der Waals surface area contributed by atoms with Gasteiger partial charge in [-0.05, 0) is 24.0 Å². The van der Waals surface area contributed by atoms with E-state index >= 15 is 0 Å². The SMILES string of the molecule is OCC1(CO)CC1.c1ccc2c(c1)COC2. The van der Waals surface area contributed by atoms with Gasteiger partial charge in [0, 0.05) is 5.41 Å². The largest absolute Gasteiger partial charge is 0.396 e. The van der Waals surface area contributed by atoms with E-state index in [2.05, 4.69) is 12.1 Å². The first kappa shape index (κ1) is 11.6. The molecule has 3 rings (SSSR count). The molecule has 0 amide bonds. The van der Waals surface area contributed by atoms with Crippen molar-refractivity contribution in [3.8, 4) is 0 Å². The summed E-state index contributed by atoms with van der Waals surface area (Å²) >= 11 is 0. The number of fused-ring (bicyclic) bond motifs is 1. The molecule has 2 N–H and O–H groups in total. The smallest absolute Gasteiger partial charge is 0.0724 e. The molecule has 1 aromatic carbocycles. The third kappa shape index (κ3) is 2.61. The Morgan fingerprint density at radius 3 is 1.81 bits per heavy atom. The molecule has 0 spiro atoms. The number of ether oxygens (including phenoxy) is 1. The third-order valence-electron chi connectivity index (χ3n) is 3.26. The highest BCUT2D eigenvalue weighted by Gasteiger charge is 2.41. The summed E-state index contributed by atoms with van der Waals surface area (Å²) in [7, 11) is 0. The van der Waals surface area contributed by atoms with E-state index in [1.54, 1.807) is 0 Å². The van der Waals surface area contributed by atoms with E-state index in [9.17, 15) is 0 Å². The lowest BCUT2D eigenvalue weighted by Crippen LogP contribution is -2.10. The Bertz CT molecular complexity index is 316. The van der Waals surface area contributed by atoms with Crippen LogP contribution in [0.15, 0.2) is 24.3 Å². The number of hydrogen-bond donors (Lipinski definition) is 2. The normalized spacial score (nSPS) is 19.6. The summed E-state index contributed by atoms with van der Waals surface area (Å²) in [5.41, 5.74) is 2.63. The molecule has 0 radical (unpaired) electrons. The zero-order valence-electron chi connectivity index (χ0n) is 9.35. The molecule has 0 bridgehead atoms. The Kier molecular flexibility index (Phi) is 3.59. The van der Waals surface area contributed by atoms with Gasteiger partial charge in [-0.25, -0.2) is 0 Å². The monoisotopic (exact) mass is 222 g/mol. The van der Waals surface area contributed by atoms with Crippen molar-refractivity contribution in [2.24, 2.45) is 5.41 Å². The Morgan fingerprint density at radius 1 is 1.00 bits per heavy atom. The Hall–Kier alpha value is -0.900. The van der Waals surface area contributed by atoms with E-state index in [4.69, 9.17) is 14.9 Å². The minimum absolute atomic E-state index is 0.0556. The van der Waals surface area contributed by atoms with Crippen LogP contribution in [0.5, 0.6) is 0 Å². The maximum atomic E-state index is 8.50. The number of hydrogen-bond acceptors (Lipinski definition) is 3. The van der Waals surface area contributed by atoms with Crippen LogP contribution in [-0.4, -0.2) is 23.4 Å². The van der Waals surface area contributed by atoms with Crippen LogP contribution < -0.4 is 0 Å². The lowest BCUT2D eigenvalue weighted by Gasteiger charge is -2.02. The van der Waals surface area contributed by atoms with Gasteiger partial charge in [-0.1, -0.05) is 24.3 Å². The summed E-state index contributed by atoms with van der Waals surface area (Å²) in [6.45, 7) is 1.92. The molecule has 0 aromatic heterocycles. The van der Waals surface area contributed by atoms with Gasteiger partial charge in [-0.3, -0.25) is 0 Å². The number of rotatable bonds is 2. The minimum Gasteiger partial charge on any atom is -0.396 e. The second kappa shape index (κ2) is 4.95. The molecule has 3 heteroatoms. The number of aliphatic hydroxyl groups is 2. The van der Waals surface area contributed by atoms with Crippen molar-refractivity contribution in [1.82, 2.24) is 0 Å². The molecule has 0 atom stereocenters. The van der Waals surface area contributed by atoms with E-state index in [1.807, 2.05) is 12.1 Å². The van der Waals surface area contributed by atoms with E-state index < -0.39 is 0 Å². The van der Waals surface area contributed by atoms with Crippen LogP contribution in [0.4, 0.5) is 0 Å². The van der Waals surface area contributed by atoms with Crippen molar-refractivity contribution in [3.63, 3.8) is 0 Å². The zero-order chi connectivity index (χ0) is 11.4. The van der Waals surface area contributed by atoms with Crippen LogP contribution in [0.25, 0.3) is 0 Å². The van der Waals surface area contributed by atoms with Gasteiger partial charge in [-0.15, -0.1) is 0 Å². The zero-order valence-corrected chi connectivity index (χ0v) is 9.35. The molecule has 1 saturated carbocycles. The predicted octanol–water partition coefficient (Wildman–Crippen LogP) is 1.47. The molecule has 1 fully saturated rings. The summed E-state index contributed by atoms with van der Waals surface area (Å²) in [4.78, 5) is 0. The van der Waals surface area contributed by atoms with Crippen molar-refractivity contribution >= 4 is 0 Å². The fourth-order valence-electron chi connectivity index (χ4n) is 1.65. The van der Waals surface area contributed by atoms with Crippen molar-refractivity contribution in [1.29, 1.82) is 0 Å². The van der Waals surface area contributed by atoms with Gasteiger partial charge in [0.15, 0.2) is 0 Å². The molecule has 1 aromatic rings. The molecule has 88 valence electrons. The lowest BCUT2D eigenvalue weighted by molar-refractivity contribution is 0.134. The first-order chi connectivity index (χ1) is 7.79. The first-order valence-electron chi connectivity index (χ1n) is 5.66. The standard InChI is InChI=1S/C8H8O.C5H10O2/c1-2-4-8-6-9-5-7(8)3-1;6-3-5(4-7)1-2-5/h1-4H,5-6H2;6-7H,1-4H2. The van der Waals surface area contributed by atoms with Crippen molar-refractivity contribution in [2.75, 3.05) is 13.2 Å². The van der Waals surface area contributed by atoms with Crippen molar-refractivity contribution < 1.29 is 14.9 Å². The summed E-state index contributed by atoms with van der Waals surface area (Å²) in [5.74, 6) is 0. The topological polar surface area (TPSA) is 49.7 Å². The Labute approximate surface area is 95.7 Å². The average Bonchev–Trinajstić information content (AvgIpc) is 2.99.